The minimum atomic E-state index is -0.806. The van der Waals surface area contributed by atoms with Crippen LogP contribution in [-0.4, -0.2) is 47.0 Å². The van der Waals surface area contributed by atoms with Crippen molar-refractivity contribution in [2.24, 2.45) is 17.3 Å². The van der Waals surface area contributed by atoms with E-state index in [1.165, 1.54) is 4.90 Å². The van der Waals surface area contributed by atoms with Crippen molar-refractivity contribution in [1.29, 1.82) is 0 Å². The first-order valence-electron chi connectivity index (χ1n) is 6.92. The molecule has 0 bridgehead atoms. The quantitative estimate of drug-likeness (QED) is 0.761. The van der Waals surface area contributed by atoms with Gasteiger partial charge in [-0.2, -0.15) is 0 Å². The number of hydrogen-bond acceptors (Lipinski definition) is 4. The van der Waals surface area contributed by atoms with Gasteiger partial charge in [-0.15, -0.1) is 0 Å². The van der Waals surface area contributed by atoms with Crippen LogP contribution < -0.4 is 0 Å². The molecular formula is C14H21NO5. The summed E-state index contributed by atoms with van der Waals surface area (Å²) in [6.45, 7) is 5.58. The fourth-order valence-electron chi connectivity index (χ4n) is 3.44. The molecule has 1 N–H and O–H groups in total. The van der Waals surface area contributed by atoms with Gasteiger partial charge in [-0.1, -0.05) is 20.8 Å². The highest BCUT2D eigenvalue weighted by Gasteiger charge is 2.50. The van der Waals surface area contributed by atoms with Gasteiger partial charge in [0.05, 0.1) is 5.92 Å². The summed E-state index contributed by atoms with van der Waals surface area (Å²) < 4.78 is 4.93. The van der Waals surface area contributed by atoms with Crippen molar-refractivity contribution >= 4 is 17.8 Å². The van der Waals surface area contributed by atoms with Crippen molar-refractivity contribution < 1.29 is 24.2 Å². The molecule has 3 unspecified atom stereocenters. The standard InChI is InChI=1S/C14H21NO5/c1-8-10(15-11(16)6-20-7-12(15)17)5-4-9(13(18)19)14(8,2)3/h8-10H,4-7H2,1-3H3,(H,18,19). The summed E-state index contributed by atoms with van der Waals surface area (Å²) in [4.78, 5) is 36.5. The molecule has 3 atom stereocenters. The molecule has 0 aromatic heterocycles. The second kappa shape index (κ2) is 5.16. The summed E-state index contributed by atoms with van der Waals surface area (Å²) in [5.41, 5.74) is -0.465. The van der Waals surface area contributed by atoms with Crippen LogP contribution in [0.2, 0.25) is 0 Å². The summed E-state index contributed by atoms with van der Waals surface area (Å²) in [7, 11) is 0. The molecule has 2 fully saturated rings. The molecule has 20 heavy (non-hydrogen) atoms. The maximum absolute atomic E-state index is 11.9. The molecule has 2 aliphatic rings. The highest BCUT2D eigenvalue weighted by atomic mass is 16.5. The summed E-state index contributed by atoms with van der Waals surface area (Å²) >= 11 is 0. The van der Waals surface area contributed by atoms with E-state index in [9.17, 15) is 19.5 Å². The van der Waals surface area contributed by atoms with Crippen LogP contribution in [0.15, 0.2) is 0 Å². The van der Waals surface area contributed by atoms with Crippen molar-refractivity contribution in [2.75, 3.05) is 13.2 Å². The van der Waals surface area contributed by atoms with Gasteiger partial charge >= 0.3 is 5.97 Å². The Hall–Kier alpha value is -1.43. The van der Waals surface area contributed by atoms with Crippen LogP contribution >= 0.6 is 0 Å². The van der Waals surface area contributed by atoms with Crippen LogP contribution in [0.4, 0.5) is 0 Å². The van der Waals surface area contributed by atoms with Gasteiger partial charge in [0.2, 0.25) is 0 Å². The summed E-state index contributed by atoms with van der Waals surface area (Å²) in [5.74, 6) is -1.95. The maximum Gasteiger partial charge on any atom is 0.307 e. The third-order valence-electron chi connectivity index (χ3n) is 5.02. The van der Waals surface area contributed by atoms with Gasteiger partial charge in [0.25, 0.3) is 11.8 Å². The molecule has 1 saturated carbocycles. The lowest BCUT2D eigenvalue weighted by Gasteiger charge is -2.49. The number of rotatable bonds is 2. The average Bonchev–Trinajstić information content (AvgIpc) is 2.33. The van der Waals surface area contributed by atoms with Gasteiger partial charge in [0, 0.05) is 6.04 Å². The molecule has 0 aromatic rings. The van der Waals surface area contributed by atoms with E-state index in [2.05, 4.69) is 0 Å². The lowest BCUT2D eigenvalue weighted by atomic mass is 9.60. The molecule has 1 aliphatic heterocycles. The van der Waals surface area contributed by atoms with Gasteiger partial charge in [-0.25, -0.2) is 0 Å². The summed E-state index contributed by atoms with van der Waals surface area (Å²) in [6.07, 6.45) is 1.02. The van der Waals surface area contributed by atoms with Crippen molar-refractivity contribution in [3.63, 3.8) is 0 Å². The van der Waals surface area contributed by atoms with Crippen molar-refractivity contribution in [3.8, 4) is 0 Å². The number of morpholine rings is 1. The first kappa shape index (κ1) is 15.0. The Balaban J connectivity index is 2.25. The van der Waals surface area contributed by atoms with E-state index in [0.29, 0.717) is 12.8 Å². The van der Waals surface area contributed by atoms with Gasteiger partial charge in [0.15, 0.2) is 0 Å². The highest BCUT2D eigenvalue weighted by molar-refractivity contribution is 5.98. The number of ether oxygens (including phenoxy) is 1. The lowest BCUT2D eigenvalue weighted by Crippen LogP contribution is -2.59. The Labute approximate surface area is 118 Å². The van der Waals surface area contributed by atoms with E-state index < -0.39 is 17.3 Å². The zero-order chi connectivity index (χ0) is 15.1. The number of carboxylic acid groups (broad SMARTS) is 1. The molecule has 1 saturated heterocycles. The highest BCUT2D eigenvalue weighted by Crippen LogP contribution is 2.46. The van der Waals surface area contributed by atoms with Crippen LogP contribution in [0.5, 0.6) is 0 Å². The number of carbonyl (C=O) groups is 3. The van der Waals surface area contributed by atoms with Gasteiger partial charge < -0.3 is 9.84 Å². The normalized spacial score (nSPS) is 34.1. The molecule has 2 rings (SSSR count). The largest absolute Gasteiger partial charge is 0.481 e. The lowest BCUT2D eigenvalue weighted by molar-refractivity contribution is -0.168. The van der Waals surface area contributed by atoms with Crippen LogP contribution in [0.25, 0.3) is 0 Å². The van der Waals surface area contributed by atoms with Gasteiger partial charge in [-0.3, -0.25) is 19.3 Å². The Morgan fingerprint density at radius 1 is 1.25 bits per heavy atom. The Morgan fingerprint density at radius 3 is 2.30 bits per heavy atom. The minimum absolute atomic E-state index is 0.0663. The van der Waals surface area contributed by atoms with E-state index >= 15 is 0 Å². The molecule has 0 spiro atoms. The second-order valence-electron chi connectivity index (χ2n) is 6.30. The molecule has 6 nitrogen and oxygen atoms in total. The van der Waals surface area contributed by atoms with Crippen LogP contribution in [0.1, 0.15) is 33.6 Å². The molecule has 112 valence electrons. The number of carboxylic acids is 1. The Bertz CT molecular complexity index is 429. The number of imide groups is 1. The van der Waals surface area contributed by atoms with E-state index in [1.807, 2.05) is 20.8 Å². The van der Waals surface area contributed by atoms with E-state index in [-0.39, 0.29) is 37.0 Å². The summed E-state index contributed by atoms with van der Waals surface area (Å²) in [5, 5.41) is 9.32. The molecule has 0 radical (unpaired) electrons. The second-order valence-corrected chi connectivity index (χ2v) is 6.30. The first-order valence-corrected chi connectivity index (χ1v) is 6.92. The predicted molar refractivity (Wildman–Crippen MR) is 69.8 cm³/mol. The van der Waals surface area contributed by atoms with E-state index in [0.717, 1.165) is 0 Å². The predicted octanol–water partition coefficient (Wildman–Crippen LogP) is 0.897. The SMILES string of the molecule is CC1C(N2C(=O)COCC2=O)CCC(C(=O)O)C1(C)C. The monoisotopic (exact) mass is 283 g/mol. The molecule has 1 heterocycles. The number of nitrogens with zero attached hydrogens (tertiary/aromatic N) is 1. The van der Waals surface area contributed by atoms with Crippen molar-refractivity contribution in [2.45, 2.75) is 39.7 Å². The fraction of sp³-hybridized carbons (Fsp3) is 0.786. The number of carbonyl (C=O) groups excluding carboxylic acids is 2. The summed E-state index contributed by atoms with van der Waals surface area (Å²) in [6, 6.07) is -0.232. The molecule has 0 aromatic carbocycles. The number of amides is 2. The van der Waals surface area contributed by atoms with E-state index in [1.54, 1.807) is 0 Å². The van der Waals surface area contributed by atoms with Crippen molar-refractivity contribution in [1.82, 2.24) is 4.90 Å². The molecular weight excluding hydrogens is 262 g/mol. The molecule has 2 amide bonds. The topological polar surface area (TPSA) is 83.9 Å². The van der Waals surface area contributed by atoms with Crippen LogP contribution in [0.3, 0.4) is 0 Å². The zero-order valence-electron chi connectivity index (χ0n) is 12.1. The first-order chi connectivity index (χ1) is 9.26. The van der Waals surface area contributed by atoms with E-state index in [4.69, 9.17) is 4.74 Å². The zero-order valence-corrected chi connectivity index (χ0v) is 12.1. The third-order valence-corrected chi connectivity index (χ3v) is 5.02. The minimum Gasteiger partial charge on any atom is -0.481 e. The fourth-order valence-corrected chi connectivity index (χ4v) is 3.44. The number of aliphatic carboxylic acids is 1. The van der Waals surface area contributed by atoms with Gasteiger partial charge in [0.1, 0.15) is 13.2 Å². The number of hydrogen-bond donors (Lipinski definition) is 1. The molecule has 6 heteroatoms. The van der Waals surface area contributed by atoms with Gasteiger partial charge in [-0.05, 0) is 24.2 Å². The van der Waals surface area contributed by atoms with Crippen LogP contribution in [0, 0.1) is 17.3 Å². The van der Waals surface area contributed by atoms with Crippen LogP contribution in [-0.2, 0) is 19.1 Å². The third kappa shape index (κ3) is 2.32. The Kier molecular flexibility index (Phi) is 3.86. The molecule has 1 aliphatic carbocycles. The smallest absolute Gasteiger partial charge is 0.307 e. The average molecular weight is 283 g/mol. The van der Waals surface area contributed by atoms with Crippen molar-refractivity contribution in [3.05, 3.63) is 0 Å². The Morgan fingerprint density at radius 2 is 1.80 bits per heavy atom. The maximum atomic E-state index is 11.9.